The van der Waals surface area contributed by atoms with Crippen molar-refractivity contribution >= 4 is 6.09 Å². The topological polar surface area (TPSA) is 61.8 Å². The number of ether oxygens (including phenoxy) is 1. The van der Waals surface area contributed by atoms with E-state index in [1.165, 1.54) is 4.90 Å². The molecular weight excluding hydrogens is 172 g/mol. The maximum absolute atomic E-state index is 10.7. The lowest BCUT2D eigenvalue weighted by atomic mass is 10.0. The molecule has 5 heteroatoms. The molecule has 2 saturated heterocycles. The van der Waals surface area contributed by atoms with Gasteiger partial charge >= 0.3 is 6.09 Å². The first kappa shape index (κ1) is 8.77. The van der Waals surface area contributed by atoms with Crippen LogP contribution in [0.2, 0.25) is 0 Å². The van der Waals surface area contributed by atoms with Crippen molar-refractivity contribution in [3.05, 3.63) is 0 Å². The maximum atomic E-state index is 10.7. The average molecular weight is 186 g/mol. The van der Waals surface area contributed by atoms with E-state index in [9.17, 15) is 4.79 Å². The molecule has 2 aliphatic heterocycles. The van der Waals surface area contributed by atoms with E-state index in [0.717, 1.165) is 13.0 Å². The lowest BCUT2D eigenvalue weighted by molar-refractivity contribution is -0.0423. The third-order valence-electron chi connectivity index (χ3n) is 2.67. The summed E-state index contributed by atoms with van der Waals surface area (Å²) in [6, 6.07) is 0.351. The van der Waals surface area contributed by atoms with Crippen LogP contribution in [0.15, 0.2) is 0 Å². The molecule has 0 aromatic carbocycles. The van der Waals surface area contributed by atoms with Gasteiger partial charge in [0.2, 0.25) is 0 Å². The Morgan fingerprint density at radius 3 is 3.23 bits per heavy atom. The first-order valence-corrected chi connectivity index (χ1v) is 4.60. The van der Waals surface area contributed by atoms with E-state index < -0.39 is 6.09 Å². The molecule has 2 N–H and O–H groups in total. The second-order valence-corrected chi connectivity index (χ2v) is 3.49. The van der Waals surface area contributed by atoms with Gasteiger partial charge in [0.1, 0.15) is 0 Å². The fourth-order valence-electron chi connectivity index (χ4n) is 1.95. The minimum absolute atomic E-state index is 0.0543. The van der Waals surface area contributed by atoms with Crippen molar-refractivity contribution in [1.82, 2.24) is 10.2 Å². The van der Waals surface area contributed by atoms with E-state index in [0.29, 0.717) is 25.7 Å². The number of piperidine rings is 1. The van der Waals surface area contributed by atoms with Gasteiger partial charge < -0.3 is 20.1 Å². The van der Waals surface area contributed by atoms with Crippen LogP contribution in [0.5, 0.6) is 0 Å². The number of carbonyl (C=O) groups is 1. The molecule has 0 radical (unpaired) electrons. The molecule has 2 aliphatic rings. The molecule has 2 rings (SSSR count). The number of fused-ring (bicyclic) bond motifs is 1. The van der Waals surface area contributed by atoms with Gasteiger partial charge in [0.05, 0.1) is 19.3 Å². The van der Waals surface area contributed by atoms with E-state index in [-0.39, 0.29) is 6.10 Å². The molecule has 2 heterocycles. The predicted octanol–water partition coefficient (Wildman–Crippen LogP) is -0.273. The van der Waals surface area contributed by atoms with E-state index in [1.807, 2.05) is 0 Å². The van der Waals surface area contributed by atoms with Gasteiger partial charge in [-0.25, -0.2) is 4.79 Å². The van der Waals surface area contributed by atoms with Gasteiger partial charge in [-0.3, -0.25) is 0 Å². The summed E-state index contributed by atoms with van der Waals surface area (Å²) in [4.78, 5) is 12.1. The second kappa shape index (κ2) is 3.51. The third-order valence-corrected chi connectivity index (χ3v) is 2.67. The van der Waals surface area contributed by atoms with Gasteiger partial charge in [-0.15, -0.1) is 0 Å². The van der Waals surface area contributed by atoms with Crippen molar-refractivity contribution in [3.63, 3.8) is 0 Å². The van der Waals surface area contributed by atoms with Crippen molar-refractivity contribution in [2.24, 2.45) is 0 Å². The zero-order valence-corrected chi connectivity index (χ0v) is 7.40. The standard InChI is InChI=1S/C8H14N2O3/c11-8(12)10-3-1-6-7(5-10)13-4-2-9-6/h6-7,9H,1-5H2,(H,11,12)/t6-,7-/m0/s1. The van der Waals surface area contributed by atoms with Crippen LogP contribution in [0.4, 0.5) is 4.79 Å². The van der Waals surface area contributed by atoms with Gasteiger partial charge in [-0.05, 0) is 6.42 Å². The molecule has 5 nitrogen and oxygen atoms in total. The Morgan fingerprint density at radius 2 is 2.46 bits per heavy atom. The summed E-state index contributed by atoms with van der Waals surface area (Å²) < 4.78 is 5.49. The fourth-order valence-corrected chi connectivity index (χ4v) is 1.95. The van der Waals surface area contributed by atoms with Gasteiger partial charge in [0.15, 0.2) is 0 Å². The first-order chi connectivity index (χ1) is 6.27. The van der Waals surface area contributed by atoms with Crippen LogP contribution in [0.25, 0.3) is 0 Å². The van der Waals surface area contributed by atoms with E-state index >= 15 is 0 Å². The van der Waals surface area contributed by atoms with Gasteiger partial charge in [0.25, 0.3) is 0 Å². The molecule has 13 heavy (non-hydrogen) atoms. The normalized spacial score (nSPS) is 34.0. The van der Waals surface area contributed by atoms with Gasteiger partial charge in [-0.1, -0.05) is 0 Å². The summed E-state index contributed by atoms with van der Waals surface area (Å²) in [7, 11) is 0. The number of hydrogen-bond donors (Lipinski definition) is 2. The zero-order valence-electron chi connectivity index (χ0n) is 7.40. The highest BCUT2D eigenvalue weighted by Crippen LogP contribution is 2.16. The molecule has 0 saturated carbocycles. The first-order valence-electron chi connectivity index (χ1n) is 4.60. The summed E-state index contributed by atoms with van der Waals surface area (Å²) in [5, 5.41) is 12.1. The number of nitrogens with zero attached hydrogens (tertiary/aromatic N) is 1. The van der Waals surface area contributed by atoms with Crippen LogP contribution in [0.1, 0.15) is 6.42 Å². The maximum Gasteiger partial charge on any atom is 0.407 e. The molecule has 2 fully saturated rings. The second-order valence-electron chi connectivity index (χ2n) is 3.49. The van der Waals surface area contributed by atoms with Crippen molar-refractivity contribution in [2.45, 2.75) is 18.6 Å². The third kappa shape index (κ3) is 1.76. The SMILES string of the molecule is O=C(O)N1CC[C@@H]2NCCO[C@H]2C1. The quantitative estimate of drug-likeness (QED) is 0.546. The Labute approximate surface area is 76.7 Å². The van der Waals surface area contributed by atoms with Crippen LogP contribution in [-0.2, 0) is 4.74 Å². The molecule has 0 aromatic rings. The highest BCUT2D eigenvalue weighted by molar-refractivity contribution is 5.65. The van der Waals surface area contributed by atoms with E-state index in [4.69, 9.17) is 9.84 Å². The minimum atomic E-state index is -0.840. The highest BCUT2D eigenvalue weighted by Gasteiger charge is 2.33. The largest absolute Gasteiger partial charge is 0.465 e. The lowest BCUT2D eigenvalue weighted by Crippen LogP contribution is -2.58. The number of amides is 1. The van der Waals surface area contributed by atoms with Gasteiger partial charge in [0, 0.05) is 19.1 Å². The van der Waals surface area contributed by atoms with E-state index in [1.54, 1.807) is 0 Å². The summed E-state index contributed by atoms with van der Waals surface area (Å²) in [5.41, 5.74) is 0. The zero-order chi connectivity index (χ0) is 9.26. The lowest BCUT2D eigenvalue weighted by Gasteiger charge is -2.40. The summed E-state index contributed by atoms with van der Waals surface area (Å²) in [6.07, 6.45) is 0.0722. The summed E-state index contributed by atoms with van der Waals surface area (Å²) >= 11 is 0. The minimum Gasteiger partial charge on any atom is -0.465 e. The predicted molar refractivity (Wildman–Crippen MR) is 45.7 cm³/mol. The number of hydrogen-bond acceptors (Lipinski definition) is 3. The molecule has 0 bridgehead atoms. The van der Waals surface area contributed by atoms with Gasteiger partial charge in [-0.2, -0.15) is 0 Å². The Bertz CT molecular complexity index is 210. The Morgan fingerprint density at radius 1 is 1.62 bits per heavy atom. The Kier molecular flexibility index (Phi) is 2.37. The Hall–Kier alpha value is -0.810. The molecule has 2 atom stereocenters. The van der Waals surface area contributed by atoms with Crippen molar-refractivity contribution in [1.29, 1.82) is 0 Å². The average Bonchev–Trinajstić information content (AvgIpc) is 2.17. The molecule has 1 amide bonds. The molecule has 0 aliphatic carbocycles. The number of likely N-dealkylation sites (tertiary alicyclic amines) is 1. The number of nitrogens with one attached hydrogen (secondary N) is 1. The van der Waals surface area contributed by atoms with Crippen molar-refractivity contribution in [3.8, 4) is 0 Å². The summed E-state index contributed by atoms with van der Waals surface area (Å²) in [6.45, 7) is 2.70. The number of carboxylic acid groups (broad SMARTS) is 1. The highest BCUT2D eigenvalue weighted by atomic mass is 16.5. The molecule has 74 valence electrons. The molecular formula is C8H14N2O3. The van der Waals surface area contributed by atoms with Crippen molar-refractivity contribution < 1.29 is 14.6 Å². The van der Waals surface area contributed by atoms with Crippen LogP contribution in [0, 0.1) is 0 Å². The van der Waals surface area contributed by atoms with E-state index in [2.05, 4.69) is 5.32 Å². The Balaban J connectivity index is 1.95. The van der Waals surface area contributed by atoms with Crippen LogP contribution in [0.3, 0.4) is 0 Å². The summed E-state index contributed by atoms with van der Waals surface area (Å²) in [5.74, 6) is 0. The van der Waals surface area contributed by atoms with Crippen LogP contribution < -0.4 is 5.32 Å². The molecule has 0 spiro atoms. The van der Waals surface area contributed by atoms with Crippen LogP contribution >= 0.6 is 0 Å². The monoisotopic (exact) mass is 186 g/mol. The molecule has 0 aromatic heterocycles. The van der Waals surface area contributed by atoms with Crippen molar-refractivity contribution in [2.75, 3.05) is 26.2 Å². The number of rotatable bonds is 0. The fraction of sp³-hybridized carbons (Fsp3) is 0.875. The molecule has 0 unspecified atom stereocenters. The smallest absolute Gasteiger partial charge is 0.407 e. The van der Waals surface area contributed by atoms with Crippen LogP contribution in [-0.4, -0.2) is 54.5 Å². The number of morpholine rings is 1.